The lowest BCUT2D eigenvalue weighted by Gasteiger charge is -2.08. The minimum absolute atomic E-state index is 0.116. The van der Waals surface area contributed by atoms with Crippen LogP contribution < -0.4 is 10.1 Å². The lowest BCUT2D eigenvalue weighted by molar-refractivity contribution is -0.116. The molecule has 1 N–H and O–H groups in total. The quantitative estimate of drug-likeness (QED) is 0.413. The molecule has 4 aromatic rings. The molecule has 0 spiro atoms. The molecule has 2 aromatic heterocycles. The number of hydrogen-bond acceptors (Lipinski definition) is 5. The molecule has 2 aromatic carbocycles. The summed E-state index contributed by atoms with van der Waals surface area (Å²) in [6, 6.07) is 16.9. The third-order valence-electron chi connectivity index (χ3n) is 4.11. The zero-order chi connectivity index (χ0) is 20.1. The first kappa shape index (κ1) is 18.9. The van der Waals surface area contributed by atoms with Gasteiger partial charge in [-0.15, -0.1) is 11.3 Å². The number of carbonyl (C=O) groups excluding carboxylic acids is 1. The second-order valence-corrected chi connectivity index (χ2v) is 7.12. The average molecular weight is 408 g/mol. The zero-order valence-corrected chi connectivity index (χ0v) is 16.1. The van der Waals surface area contributed by atoms with E-state index < -0.39 is 0 Å². The summed E-state index contributed by atoms with van der Waals surface area (Å²) < 4.78 is 24.0. The molecule has 0 aliphatic carbocycles. The minimum Gasteiger partial charge on any atom is -0.463 e. The fraction of sp³-hybridized carbons (Fsp3) is 0.0909. The van der Waals surface area contributed by atoms with Gasteiger partial charge in [-0.05, 0) is 60.5 Å². The topological polar surface area (TPSA) is 64.4 Å². The number of halogens is 1. The average Bonchev–Trinajstić information content (AvgIpc) is 3.40. The number of rotatable bonds is 7. The van der Waals surface area contributed by atoms with E-state index in [-0.39, 0.29) is 11.7 Å². The highest BCUT2D eigenvalue weighted by molar-refractivity contribution is 7.14. The Labute approximate surface area is 170 Å². The molecular weight excluding hydrogens is 391 g/mol. The van der Waals surface area contributed by atoms with Crippen LogP contribution in [0, 0.1) is 5.82 Å². The summed E-state index contributed by atoms with van der Waals surface area (Å²) in [4.78, 5) is 16.6. The summed E-state index contributed by atoms with van der Waals surface area (Å²) in [6.45, 7) is 0. The standard InChI is InChI=1S/C22H17FN2O3S/c23-16-7-9-17(10-8-16)28-18-4-1-3-15(13-18)6-11-21(26)25-22-24-19(14-29-22)20-5-2-12-27-20/h1-5,7-10,12-14H,6,11H2,(H,24,25,26). The van der Waals surface area contributed by atoms with Gasteiger partial charge in [0, 0.05) is 11.8 Å². The molecule has 0 aliphatic heterocycles. The second kappa shape index (κ2) is 8.70. The Morgan fingerprint density at radius 3 is 2.76 bits per heavy atom. The van der Waals surface area contributed by atoms with Crippen molar-refractivity contribution in [2.45, 2.75) is 12.8 Å². The lowest BCUT2D eigenvalue weighted by Crippen LogP contribution is -2.12. The van der Waals surface area contributed by atoms with Crippen molar-refractivity contribution in [2.24, 2.45) is 0 Å². The largest absolute Gasteiger partial charge is 0.463 e. The number of aromatic nitrogens is 1. The zero-order valence-electron chi connectivity index (χ0n) is 15.3. The highest BCUT2D eigenvalue weighted by atomic mass is 32.1. The molecule has 0 aliphatic rings. The first-order chi connectivity index (χ1) is 14.2. The maximum Gasteiger partial charge on any atom is 0.226 e. The molecule has 0 atom stereocenters. The van der Waals surface area contributed by atoms with Crippen molar-refractivity contribution in [2.75, 3.05) is 5.32 Å². The Bertz CT molecular complexity index is 1090. The summed E-state index contributed by atoms with van der Waals surface area (Å²) in [5.74, 6) is 1.43. The molecule has 7 heteroatoms. The second-order valence-electron chi connectivity index (χ2n) is 6.27. The van der Waals surface area contributed by atoms with Crippen LogP contribution in [0.2, 0.25) is 0 Å². The molecule has 29 heavy (non-hydrogen) atoms. The third-order valence-corrected chi connectivity index (χ3v) is 4.87. The number of amides is 1. The minimum atomic E-state index is -0.311. The number of nitrogens with one attached hydrogen (secondary N) is 1. The van der Waals surface area contributed by atoms with E-state index in [2.05, 4.69) is 10.3 Å². The van der Waals surface area contributed by atoms with E-state index in [1.54, 1.807) is 24.5 Å². The van der Waals surface area contributed by atoms with E-state index in [0.29, 0.717) is 40.9 Å². The summed E-state index contributed by atoms with van der Waals surface area (Å²) in [6.07, 6.45) is 2.46. The van der Waals surface area contributed by atoms with Crippen molar-refractivity contribution < 1.29 is 18.3 Å². The maximum absolute atomic E-state index is 13.0. The van der Waals surface area contributed by atoms with E-state index in [9.17, 15) is 9.18 Å². The third kappa shape index (κ3) is 5.08. The van der Waals surface area contributed by atoms with Crippen LogP contribution in [0.5, 0.6) is 11.5 Å². The Hall–Kier alpha value is -3.45. The maximum atomic E-state index is 13.0. The highest BCUT2D eigenvalue weighted by Crippen LogP contribution is 2.26. The van der Waals surface area contributed by atoms with Gasteiger partial charge in [-0.2, -0.15) is 0 Å². The number of hydrogen-bond donors (Lipinski definition) is 1. The van der Waals surface area contributed by atoms with Crippen LogP contribution in [-0.4, -0.2) is 10.9 Å². The van der Waals surface area contributed by atoms with Crippen molar-refractivity contribution in [1.82, 2.24) is 4.98 Å². The van der Waals surface area contributed by atoms with Crippen LogP contribution in [0.25, 0.3) is 11.5 Å². The molecule has 0 fully saturated rings. The molecule has 0 bridgehead atoms. The van der Waals surface area contributed by atoms with Gasteiger partial charge in [-0.3, -0.25) is 4.79 Å². The number of benzene rings is 2. The molecule has 0 unspecified atom stereocenters. The summed E-state index contributed by atoms with van der Waals surface area (Å²) in [7, 11) is 0. The van der Waals surface area contributed by atoms with Crippen LogP contribution >= 0.6 is 11.3 Å². The smallest absolute Gasteiger partial charge is 0.226 e. The fourth-order valence-electron chi connectivity index (χ4n) is 2.71. The van der Waals surface area contributed by atoms with Crippen molar-refractivity contribution in [3.05, 3.63) is 83.7 Å². The number of thiazole rings is 1. The Morgan fingerprint density at radius 2 is 1.97 bits per heavy atom. The van der Waals surface area contributed by atoms with E-state index in [1.807, 2.05) is 35.7 Å². The highest BCUT2D eigenvalue weighted by Gasteiger charge is 2.10. The number of ether oxygens (including phenoxy) is 1. The molecule has 1 amide bonds. The van der Waals surface area contributed by atoms with Crippen LogP contribution in [0.3, 0.4) is 0 Å². The first-order valence-corrected chi connectivity index (χ1v) is 9.85. The van der Waals surface area contributed by atoms with Gasteiger partial charge in [0.1, 0.15) is 23.0 Å². The Morgan fingerprint density at radius 1 is 1.10 bits per heavy atom. The number of anilines is 1. The first-order valence-electron chi connectivity index (χ1n) is 8.97. The summed E-state index contributed by atoms with van der Waals surface area (Å²) in [5.41, 5.74) is 1.66. The van der Waals surface area contributed by atoms with Crippen LogP contribution in [0.4, 0.5) is 9.52 Å². The molecule has 2 heterocycles. The van der Waals surface area contributed by atoms with E-state index in [0.717, 1.165) is 5.56 Å². The molecule has 0 radical (unpaired) electrons. The Kier molecular flexibility index (Phi) is 5.67. The summed E-state index contributed by atoms with van der Waals surface area (Å²) in [5, 5.41) is 5.19. The predicted molar refractivity (Wildman–Crippen MR) is 110 cm³/mol. The van der Waals surface area contributed by atoms with Gasteiger partial charge in [-0.25, -0.2) is 9.37 Å². The van der Waals surface area contributed by atoms with Gasteiger partial charge >= 0.3 is 0 Å². The molecule has 5 nitrogen and oxygen atoms in total. The van der Waals surface area contributed by atoms with Crippen molar-refractivity contribution in [1.29, 1.82) is 0 Å². The van der Waals surface area contributed by atoms with E-state index in [1.165, 1.54) is 23.5 Å². The van der Waals surface area contributed by atoms with Gasteiger partial charge in [-0.1, -0.05) is 12.1 Å². The molecular formula is C22H17FN2O3S. The van der Waals surface area contributed by atoms with Gasteiger partial charge in [0.05, 0.1) is 6.26 Å². The van der Waals surface area contributed by atoms with Crippen LogP contribution in [0.1, 0.15) is 12.0 Å². The number of furan rings is 1. The predicted octanol–water partition coefficient (Wildman–Crippen LogP) is 5.91. The molecule has 4 rings (SSSR count). The van der Waals surface area contributed by atoms with Crippen LogP contribution in [-0.2, 0) is 11.2 Å². The van der Waals surface area contributed by atoms with Crippen molar-refractivity contribution in [3.8, 4) is 23.0 Å². The van der Waals surface area contributed by atoms with Gasteiger partial charge < -0.3 is 14.5 Å². The van der Waals surface area contributed by atoms with E-state index in [4.69, 9.17) is 9.15 Å². The summed E-state index contributed by atoms with van der Waals surface area (Å²) >= 11 is 1.35. The van der Waals surface area contributed by atoms with Crippen molar-refractivity contribution in [3.63, 3.8) is 0 Å². The monoisotopic (exact) mass is 408 g/mol. The molecule has 0 saturated heterocycles. The van der Waals surface area contributed by atoms with E-state index >= 15 is 0 Å². The fourth-order valence-corrected chi connectivity index (χ4v) is 3.43. The molecule has 146 valence electrons. The SMILES string of the molecule is O=C(CCc1cccc(Oc2ccc(F)cc2)c1)Nc1nc(-c2ccco2)cs1. The number of aryl methyl sites for hydroxylation is 1. The normalized spacial score (nSPS) is 10.7. The van der Waals surface area contributed by atoms with Crippen LogP contribution in [0.15, 0.2) is 76.7 Å². The van der Waals surface area contributed by atoms with Gasteiger partial charge in [0.2, 0.25) is 5.91 Å². The lowest BCUT2D eigenvalue weighted by atomic mass is 10.1. The van der Waals surface area contributed by atoms with Gasteiger partial charge in [0.15, 0.2) is 10.9 Å². The number of nitrogens with zero attached hydrogens (tertiary/aromatic N) is 1. The van der Waals surface area contributed by atoms with Gasteiger partial charge in [0.25, 0.3) is 0 Å². The molecule has 0 saturated carbocycles. The van der Waals surface area contributed by atoms with Crippen molar-refractivity contribution >= 4 is 22.4 Å². The number of carbonyl (C=O) groups is 1. The Balaban J connectivity index is 1.31.